The number of carbonyl (C=O) groups is 1. The Morgan fingerprint density at radius 1 is 1.14 bits per heavy atom. The highest BCUT2D eigenvalue weighted by Gasteiger charge is 2.18. The van der Waals surface area contributed by atoms with E-state index in [1.54, 1.807) is 34.9 Å². The molecule has 0 radical (unpaired) electrons. The predicted octanol–water partition coefficient (Wildman–Crippen LogP) is 3.56. The van der Waals surface area contributed by atoms with Gasteiger partial charge in [-0.3, -0.25) is 4.79 Å². The van der Waals surface area contributed by atoms with E-state index < -0.39 is 0 Å². The Labute approximate surface area is 130 Å². The van der Waals surface area contributed by atoms with Crippen molar-refractivity contribution in [3.05, 3.63) is 62.7 Å². The Hall–Kier alpha value is -2.05. The Bertz CT molecular complexity index is 665. The molecule has 3 N–H and O–H groups in total. The molecule has 0 fully saturated rings. The number of thiophene rings is 2. The number of hydrogen-bond donors (Lipinski definition) is 2. The molecular formula is C15H15N3OS2. The number of nitrogens with one attached hydrogen (secondary N) is 1. The smallest absolute Gasteiger partial charge is 0.270 e. The van der Waals surface area contributed by atoms with Crippen LogP contribution in [0.4, 0.5) is 5.69 Å². The van der Waals surface area contributed by atoms with Crippen molar-refractivity contribution >= 4 is 34.3 Å². The monoisotopic (exact) mass is 317 g/mol. The highest BCUT2D eigenvalue weighted by atomic mass is 32.1. The fraction of sp³-hybridized carbons (Fsp3) is 0.133. The number of carbonyl (C=O) groups excluding carboxylic acids is 1. The van der Waals surface area contributed by atoms with Gasteiger partial charge in [-0.15, -0.1) is 22.7 Å². The molecule has 3 rings (SSSR count). The number of amides is 1. The van der Waals surface area contributed by atoms with E-state index >= 15 is 0 Å². The average Bonchev–Trinajstić information content (AvgIpc) is 3.19. The predicted molar refractivity (Wildman–Crippen MR) is 87.4 cm³/mol. The molecule has 4 nitrogen and oxygen atoms in total. The minimum atomic E-state index is -0.0338. The Morgan fingerprint density at radius 3 is 2.19 bits per heavy atom. The van der Waals surface area contributed by atoms with Crippen molar-refractivity contribution in [2.45, 2.75) is 13.1 Å². The lowest BCUT2D eigenvalue weighted by molar-refractivity contribution is 0.0728. The number of nitrogens with two attached hydrogens (primary N) is 1. The maximum atomic E-state index is 12.7. The van der Waals surface area contributed by atoms with Crippen molar-refractivity contribution < 1.29 is 4.79 Å². The van der Waals surface area contributed by atoms with Crippen LogP contribution in [0.3, 0.4) is 0 Å². The summed E-state index contributed by atoms with van der Waals surface area (Å²) in [6.45, 7) is 1.21. The van der Waals surface area contributed by atoms with Crippen molar-refractivity contribution in [1.29, 1.82) is 0 Å². The van der Waals surface area contributed by atoms with Crippen LogP contribution >= 0.6 is 22.7 Å². The molecule has 1 amide bonds. The molecule has 3 aromatic rings. The first-order valence-corrected chi connectivity index (χ1v) is 8.26. The molecule has 0 aliphatic rings. The molecule has 0 aliphatic carbocycles. The minimum absolute atomic E-state index is 0.0338. The van der Waals surface area contributed by atoms with Gasteiger partial charge >= 0.3 is 0 Å². The third kappa shape index (κ3) is 3.34. The summed E-state index contributed by atoms with van der Waals surface area (Å²) < 4.78 is 0. The molecule has 3 heterocycles. The van der Waals surface area contributed by atoms with Crippen LogP contribution in [0.1, 0.15) is 20.2 Å². The summed E-state index contributed by atoms with van der Waals surface area (Å²) in [4.78, 5) is 19.8. The van der Waals surface area contributed by atoms with Crippen LogP contribution in [0.15, 0.2) is 47.3 Å². The second kappa shape index (κ2) is 6.15. The Morgan fingerprint density at radius 2 is 1.76 bits per heavy atom. The topological polar surface area (TPSA) is 62.1 Å². The van der Waals surface area contributed by atoms with Gasteiger partial charge < -0.3 is 15.6 Å². The Balaban J connectivity index is 1.82. The molecule has 21 heavy (non-hydrogen) atoms. The van der Waals surface area contributed by atoms with E-state index in [9.17, 15) is 4.79 Å². The van der Waals surface area contributed by atoms with Gasteiger partial charge in [-0.1, -0.05) is 12.1 Å². The summed E-state index contributed by atoms with van der Waals surface area (Å²) in [6.07, 6.45) is 1.64. The molecule has 0 spiro atoms. The number of nitrogen functional groups attached to an aromatic ring is 1. The quantitative estimate of drug-likeness (QED) is 0.756. The van der Waals surface area contributed by atoms with Crippen molar-refractivity contribution in [2.24, 2.45) is 0 Å². The number of anilines is 1. The van der Waals surface area contributed by atoms with Crippen molar-refractivity contribution in [2.75, 3.05) is 5.73 Å². The number of hydrogen-bond acceptors (Lipinski definition) is 4. The van der Waals surface area contributed by atoms with Crippen LogP contribution in [-0.2, 0) is 13.1 Å². The fourth-order valence-corrected chi connectivity index (χ4v) is 3.52. The summed E-state index contributed by atoms with van der Waals surface area (Å²) in [5.41, 5.74) is 6.79. The standard InChI is InChI=1S/C15H15N3OS2/c16-11-7-14(17-8-11)15(19)18(9-12-3-1-5-20-12)10-13-4-2-6-21-13/h1-8,17H,9-10,16H2. The summed E-state index contributed by atoms with van der Waals surface area (Å²) in [7, 11) is 0. The van der Waals surface area contributed by atoms with E-state index in [0.717, 1.165) is 0 Å². The summed E-state index contributed by atoms with van der Waals surface area (Å²) in [6, 6.07) is 9.77. The van der Waals surface area contributed by atoms with Gasteiger partial charge in [0.15, 0.2) is 0 Å². The zero-order chi connectivity index (χ0) is 14.7. The minimum Gasteiger partial charge on any atom is -0.397 e. The van der Waals surface area contributed by atoms with Gasteiger partial charge in [0, 0.05) is 21.6 Å². The van der Waals surface area contributed by atoms with Crippen LogP contribution in [0, 0.1) is 0 Å². The molecule has 108 valence electrons. The van der Waals surface area contributed by atoms with Crippen LogP contribution < -0.4 is 5.73 Å². The molecule has 0 saturated carbocycles. The van der Waals surface area contributed by atoms with E-state index in [1.165, 1.54) is 9.75 Å². The zero-order valence-electron chi connectivity index (χ0n) is 11.3. The van der Waals surface area contributed by atoms with Gasteiger partial charge in [-0.05, 0) is 29.0 Å². The van der Waals surface area contributed by atoms with Crippen LogP contribution in [0.5, 0.6) is 0 Å². The maximum absolute atomic E-state index is 12.7. The molecule has 6 heteroatoms. The van der Waals surface area contributed by atoms with Crippen LogP contribution in [0.2, 0.25) is 0 Å². The largest absolute Gasteiger partial charge is 0.397 e. The van der Waals surface area contributed by atoms with Crippen molar-refractivity contribution in [3.8, 4) is 0 Å². The lowest BCUT2D eigenvalue weighted by Crippen LogP contribution is -2.29. The third-order valence-electron chi connectivity index (χ3n) is 3.08. The lowest BCUT2D eigenvalue weighted by atomic mass is 10.3. The van der Waals surface area contributed by atoms with Gasteiger partial charge in [-0.2, -0.15) is 0 Å². The van der Waals surface area contributed by atoms with Crippen molar-refractivity contribution in [3.63, 3.8) is 0 Å². The zero-order valence-corrected chi connectivity index (χ0v) is 12.9. The maximum Gasteiger partial charge on any atom is 0.270 e. The van der Waals surface area contributed by atoms with E-state index in [1.807, 2.05) is 39.9 Å². The summed E-state index contributed by atoms with van der Waals surface area (Å²) in [5, 5.41) is 4.05. The number of aromatic amines is 1. The van der Waals surface area contributed by atoms with Crippen LogP contribution in [-0.4, -0.2) is 15.8 Å². The summed E-state index contributed by atoms with van der Waals surface area (Å²) >= 11 is 3.31. The second-order valence-electron chi connectivity index (χ2n) is 4.67. The molecule has 0 atom stereocenters. The number of H-pyrrole nitrogens is 1. The van der Waals surface area contributed by atoms with Gasteiger partial charge in [0.2, 0.25) is 0 Å². The average molecular weight is 317 g/mol. The van der Waals surface area contributed by atoms with Gasteiger partial charge in [0.05, 0.1) is 13.1 Å². The second-order valence-corrected chi connectivity index (χ2v) is 6.73. The number of aromatic nitrogens is 1. The molecule has 0 aromatic carbocycles. The lowest BCUT2D eigenvalue weighted by Gasteiger charge is -2.21. The molecule has 0 unspecified atom stereocenters. The van der Waals surface area contributed by atoms with Gasteiger partial charge in [-0.25, -0.2) is 0 Å². The SMILES string of the molecule is Nc1c[nH]c(C(=O)N(Cc2cccs2)Cc2cccs2)c1. The number of rotatable bonds is 5. The third-order valence-corrected chi connectivity index (χ3v) is 4.80. The first-order chi connectivity index (χ1) is 10.2. The Kier molecular flexibility index (Phi) is 4.08. The molecule has 0 bridgehead atoms. The van der Waals surface area contributed by atoms with Crippen LogP contribution in [0.25, 0.3) is 0 Å². The number of nitrogens with zero attached hydrogens (tertiary/aromatic N) is 1. The first kappa shape index (κ1) is 13.9. The highest BCUT2D eigenvalue weighted by Crippen LogP contribution is 2.19. The summed E-state index contributed by atoms with van der Waals surface area (Å²) in [5.74, 6) is -0.0338. The van der Waals surface area contributed by atoms with E-state index in [2.05, 4.69) is 4.98 Å². The molecule has 0 saturated heterocycles. The molecular weight excluding hydrogens is 302 g/mol. The van der Waals surface area contributed by atoms with Gasteiger partial charge in [0.1, 0.15) is 5.69 Å². The van der Waals surface area contributed by atoms with Crippen molar-refractivity contribution in [1.82, 2.24) is 9.88 Å². The molecule has 0 aliphatic heterocycles. The van der Waals surface area contributed by atoms with E-state index in [0.29, 0.717) is 24.5 Å². The first-order valence-electron chi connectivity index (χ1n) is 6.50. The fourth-order valence-electron chi connectivity index (χ4n) is 2.09. The van der Waals surface area contributed by atoms with Gasteiger partial charge in [0.25, 0.3) is 5.91 Å². The van der Waals surface area contributed by atoms with E-state index in [-0.39, 0.29) is 5.91 Å². The normalized spacial score (nSPS) is 10.7. The molecule has 3 aromatic heterocycles. The highest BCUT2D eigenvalue weighted by molar-refractivity contribution is 7.10. The van der Waals surface area contributed by atoms with E-state index in [4.69, 9.17) is 5.73 Å².